The van der Waals surface area contributed by atoms with Crippen molar-refractivity contribution in [1.29, 1.82) is 0 Å². The quantitative estimate of drug-likeness (QED) is 0.861. The Hall–Kier alpha value is -1.46. The number of benzene rings is 1. The molecule has 2 atom stereocenters. The van der Waals surface area contributed by atoms with Gasteiger partial charge < -0.3 is 20.3 Å². The Labute approximate surface area is 113 Å². The molecule has 0 aromatic heterocycles. The maximum absolute atomic E-state index is 10.4. The molecule has 2 unspecified atom stereocenters. The lowest BCUT2D eigenvalue weighted by molar-refractivity contribution is 0.295. The number of hydrogen-bond donors (Lipinski definition) is 2. The van der Waals surface area contributed by atoms with Crippen LogP contribution in [0.3, 0.4) is 0 Å². The van der Waals surface area contributed by atoms with Crippen LogP contribution in [0.1, 0.15) is 18.0 Å². The van der Waals surface area contributed by atoms with Crippen molar-refractivity contribution in [1.82, 2.24) is 4.90 Å². The Kier molecular flexibility index (Phi) is 4.17. The number of nitrogens with zero attached hydrogens (tertiary/aromatic N) is 1. The number of phenols is 1. The van der Waals surface area contributed by atoms with Crippen LogP contribution in [0.15, 0.2) is 12.1 Å². The summed E-state index contributed by atoms with van der Waals surface area (Å²) in [7, 11) is 5.14. The van der Waals surface area contributed by atoms with E-state index in [1.807, 2.05) is 12.1 Å². The molecule has 1 aliphatic heterocycles. The Morgan fingerprint density at radius 3 is 2.63 bits per heavy atom. The van der Waals surface area contributed by atoms with E-state index < -0.39 is 0 Å². The lowest BCUT2D eigenvalue weighted by Gasteiger charge is -2.22. The molecule has 3 N–H and O–H groups in total. The van der Waals surface area contributed by atoms with Gasteiger partial charge in [0.2, 0.25) is 5.75 Å². The fourth-order valence-corrected chi connectivity index (χ4v) is 2.83. The summed E-state index contributed by atoms with van der Waals surface area (Å²) < 4.78 is 10.4. The summed E-state index contributed by atoms with van der Waals surface area (Å²) in [6.07, 6.45) is 0.954. The maximum atomic E-state index is 10.4. The topological polar surface area (TPSA) is 68.0 Å². The number of methoxy groups -OCH3 is 2. The smallest absolute Gasteiger partial charge is 0.203 e. The Balaban J connectivity index is 2.35. The molecular formula is C14H22N2O3. The molecule has 19 heavy (non-hydrogen) atoms. The molecule has 2 rings (SSSR count). The van der Waals surface area contributed by atoms with Crippen molar-refractivity contribution in [2.75, 3.05) is 34.4 Å². The lowest BCUT2D eigenvalue weighted by atomic mass is 9.98. The van der Waals surface area contributed by atoms with Crippen LogP contribution in [0.2, 0.25) is 0 Å². The summed E-state index contributed by atoms with van der Waals surface area (Å²) in [6, 6.07) is 3.90. The van der Waals surface area contributed by atoms with Gasteiger partial charge in [-0.25, -0.2) is 0 Å². The molecule has 106 valence electrons. The molecule has 1 saturated heterocycles. The Morgan fingerprint density at radius 2 is 2.11 bits per heavy atom. The molecule has 1 aromatic rings. The molecule has 0 saturated carbocycles. The highest BCUT2D eigenvalue weighted by atomic mass is 16.5. The first kappa shape index (κ1) is 14.0. The zero-order valence-electron chi connectivity index (χ0n) is 11.7. The first-order valence-corrected chi connectivity index (χ1v) is 6.46. The van der Waals surface area contributed by atoms with Gasteiger partial charge in [-0.2, -0.15) is 0 Å². The number of likely N-dealkylation sites (tertiary alicyclic amines) is 1. The minimum absolute atomic E-state index is 0.163. The van der Waals surface area contributed by atoms with E-state index in [1.165, 1.54) is 7.11 Å². The number of nitrogens with two attached hydrogens (primary N) is 1. The average Bonchev–Trinajstić information content (AvgIpc) is 2.79. The zero-order valence-corrected chi connectivity index (χ0v) is 11.7. The van der Waals surface area contributed by atoms with E-state index in [2.05, 4.69) is 11.9 Å². The molecule has 1 heterocycles. The van der Waals surface area contributed by atoms with Gasteiger partial charge in [0, 0.05) is 18.2 Å². The van der Waals surface area contributed by atoms with Gasteiger partial charge >= 0.3 is 0 Å². The van der Waals surface area contributed by atoms with Gasteiger partial charge in [-0.3, -0.25) is 4.90 Å². The van der Waals surface area contributed by atoms with Gasteiger partial charge in [-0.05, 0) is 38.1 Å². The SMILES string of the molecule is COc1ccc(C2CC(CN)CN2C)c(O)c1OC. The van der Waals surface area contributed by atoms with Crippen LogP contribution < -0.4 is 15.2 Å². The predicted octanol–water partition coefficient (Wildman–Crippen LogP) is 1.36. The third kappa shape index (κ3) is 2.48. The zero-order chi connectivity index (χ0) is 14.0. The molecule has 0 amide bonds. The van der Waals surface area contributed by atoms with E-state index >= 15 is 0 Å². The third-order valence-corrected chi connectivity index (χ3v) is 3.88. The van der Waals surface area contributed by atoms with Gasteiger partial charge in [-0.15, -0.1) is 0 Å². The van der Waals surface area contributed by atoms with Crippen LogP contribution in [0.25, 0.3) is 0 Å². The third-order valence-electron chi connectivity index (χ3n) is 3.88. The molecule has 0 bridgehead atoms. The summed E-state index contributed by atoms with van der Waals surface area (Å²) >= 11 is 0. The van der Waals surface area contributed by atoms with E-state index in [0.29, 0.717) is 24.0 Å². The van der Waals surface area contributed by atoms with E-state index in [0.717, 1.165) is 18.5 Å². The summed E-state index contributed by atoms with van der Waals surface area (Å²) in [4.78, 5) is 2.22. The van der Waals surface area contributed by atoms with Crippen molar-refractivity contribution in [3.63, 3.8) is 0 Å². The second kappa shape index (κ2) is 5.67. The number of aromatic hydroxyl groups is 1. The van der Waals surface area contributed by atoms with E-state index in [-0.39, 0.29) is 11.8 Å². The monoisotopic (exact) mass is 266 g/mol. The minimum atomic E-state index is 0.163. The lowest BCUT2D eigenvalue weighted by Crippen LogP contribution is -2.20. The van der Waals surface area contributed by atoms with Gasteiger partial charge in [0.15, 0.2) is 11.5 Å². The fourth-order valence-electron chi connectivity index (χ4n) is 2.83. The standard InChI is InChI=1S/C14H22N2O3/c1-16-8-9(7-15)6-11(16)10-4-5-12(18-2)14(19-3)13(10)17/h4-5,9,11,17H,6-8,15H2,1-3H3. The fraction of sp³-hybridized carbons (Fsp3) is 0.571. The average molecular weight is 266 g/mol. The number of hydrogen-bond acceptors (Lipinski definition) is 5. The largest absolute Gasteiger partial charge is 0.504 e. The van der Waals surface area contributed by atoms with Crippen LogP contribution in [0.5, 0.6) is 17.2 Å². The van der Waals surface area contributed by atoms with Crippen molar-refractivity contribution < 1.29 is 14.6 Å². The van der Waals surface area contributed by atoms with Crippen LogP contribution in [-0.4, -0.2) is 44.4 Å². The van der Waals surface area contributed by atoms with Crippen LogP contribution in [0.4, 0.5) is 0 Å². The molecule has 1 aliphatic rings. The number of rotatable bonds is 4. The number of ether oxygens (including phenoxy) is 2. The van der Waals surface area contributed by atoms with Gasteiger partial charge in [0.1, 0.15) is 0 Å². The van der Waals surface area contributed by atoms with Crippen molar-refractivity contribution in [3.05, 3.63) is 17.7 Å². The Bertz CT molecular complexity index is 451. The minimum Gasteiger partial charge on any atom is -0.504 e. The van der Waals surface area contributed by atoms with Crippen LogP contribution >= 0.6 is 0 Å². The van der Waals surface area contributed by atoms with E-state index in [4.69, 9.17) is 15.2 Å². The summed E-state index contributed by atoms with van der Waals surface area (Å²) in [6.45, 7) is 1.63. The second-order valence-electron chi connectivity index (χ2n) is 5.03. The first-order chi connectivity index (χ1) is 9.12. The molecule has 0 radical (unpaired) electrons. The molecule has 1 aromatic carbocycles. The van der Waals surface area contributed by atoms with E-state index in [1.54, 1.807) is 7.11 Å². The van der Waals surface area contributed by atoms with Crippen molar-refractivity contribution >= 4 is 0 Å². The highest BCUT2D eigenvalue weighted by Gasteiger charge is 2.32. The molecule has 5 nitrogen and oxygen atoms in total. The molecule has 1 fully saturated rings. The maximum Gasteiger partial charge on any atom is 0.203 e. The summed E-state index contributed by atoms with van der Waals surface area (Å²) in [5, 5.41) is 10.4. The molecule has 0 spiro atoms. The van der Waals surface area contributed by atoms with Crippen molar-refractivity contribution in [2.45, 2.75) is 12.5 Å². The van der Waals surface area contributed by atoms with Crippen LogP contribution in [0, 0.1) is 5.92 Å². The molecular weight excluding hydrogens is 244 g/mol. The highest BCUT2D eigenvalue weighted by molar-refractivity contribution is 5.56. The summed E-state index contributed by atoms with van der Waals surface area (Å²) in [5.41, 5.74) is 6.61. The summed E-state index contributed by atoms with van der Waals surface area (Å²) in [5.74, 6) is 1.57. The highest BCUT2D eigenvalue weighted by Crippen LogP contribution is 2.45. The van der Waals surface area contributed by atoms with Gasteiger partial charge in [0.25, 0.3) is 0 Å². The van der Waals surface area contributed by atoms with Gasteiger partial charge in [0.05, 0.1) is 14.2 Å². The molecule has 5 heteroatoms. The Morgan fingerprint density at radius 1 is 1.37 bits per heavy atom. The van der Waals surface area contributed by atoms with Gasteiger partial charge in [-0.1, -0.05) is 0 Å². The second-order valence-corrected chi connectivity index (χ2v) is 5.03. The predicted molar refractivity (Wildman–Crippen MR) is 73.7 cm³/mol. The number of phenolic OH excluding ortho intramolecular Hbond substituents is 1. The first-order valence-electron chi connectivity index (χ1n) is 6.46. The molecule has 0 aliphatic carbocycles. The van der Waals surface area contributed by atoms with Crippen LogP contribution in [-0.2, 0) is 0 Å². The normalized spacial score (nSPS) is 23.6. The van der Waals surface area contributed by atoms with E-state index in [9.17, 15) is 5.11 Å². The van der Waals surface area contributed by atoms with Crippen molar-refractivity contribution in [3.8, 4) is 17.2 Å². The van der Waals surface area contributed by atoms with Crippen molar-refractivity contribution in [2.24, 2.45) is 11.7 Å².